The third-order valence-corrected chi connectivity index (χ3v) is 4.90. The predicted octanol–water partition coefficient (Wildman–Crippen LogP) is 3.04. The van der Waals surface area contributed by atoms with Crippen LogP contribution in [0.25, 0.3) is 0 Å². The SMILES string of the molecule is CC(C)C1CNC2(CCCC2)CN1CCOC(C)(C)C. The summed E-state index contributed by atoms with van der Waals surface area (Å²) in [7, 11) is 0. The molecule has 2 aliphatic rings. The van der Waals surface area contributed by atoms with Crippen LogP contribution in [-0.4, -0.2) is 48.3 Å². The maximum Gasteiger partial charge on any atom is 0.0600 e. The lowest BCUT2D eigenvalue weighted by Crippen LogP contribution is -2.64. The Bertz CT molecular complexity index is 303. The van der Waals surface area contributed by atoms with Gasteiger partial charge in [0.1, 0.15) is 0 Å². The highest BCUT2D eigenvalue weighted by molar-refractivity contribution is 5.01. The van der Waals surface area contributed by atoms with Crippen molar-refractivity contribution in [3.8, 4) is 0 Å². The van der Waals surface area contributed by atoms with Gasteiger partial charge in [-0.1, -0.05) is 26.7 Å². The summed E-state index contributed by atoms with van der Waals surface area (Å²) in [6.45, 7) is 15.4. The quantitative estimate of drug-likeness (QED) is 0.858. The van der Waals surface area contributed by atoms with E-state index in [2.05, 4.69) is 44.8 Å². The van der Waals surface area contributed by atoms with E-state index < -0.39 is 0 Å². The number of piperazine rings is 1. The molecule has 0 amide bonds. The van der Waals surface area contributed by atoms with Gasteiger partial charge in [0.2, 0.25) is 0 Å². The van der Waals surface area contributed by atoms with E-state index in [-0.39, 0.29) is 5.60 Å². The topological polar surface area (TPSA) is 24.5 Å². The zero-order chi connectivity index (χ0) is 14.8. The van der Waals surface area contributed by atoms with Gasteiger partial charge in [0.05, 0.1) is 12.2 Å². The maximum atomic E-state index is 5.95. The highest BCUT2D eigenvalue weighted by Crippen LogP contribution is 2.34. The molecule has 0 bridgehead atoms. The fourth-order valence-electron chi connectivity index (χ4n) is 3.77. The van der Waals surface area contributed by atoms with E-state index in [1.165, 1.54) is 32.2 Å². The van der Waals surface area contributed by atoms with Gasteiger partial charge >= 0.3 is 0 Å². The van der Waals surface area contributed by atoms with E-state index in [4.69, 9.17) is 4.74 Å². The van der Waals surface area contributed by atoms with Gasteiger partial charge in [0, 0.05) is 31.2 Å². The third kappa shape index (κ3) is 4.19. The van der Waals surface area contributed by atoms with Crippen LogP contribution < -0.4 is 5.32 Å². The van der Waals surface area contributed by atoms with Gasteiger partial charge in [-0.2, -0.15) is 0 Å². The minimum Gasteiger partial charge on any atom is -0.375 e. The molecule has 1 N–H and O–H groups in total. The van der Waals surface area contributed by atoms with E-state index in [0.717, 1.165) is 19.7 Å². The number of nitrogens with one attached hydrogen (secondary N) is 1. The maximum absolute atomic E-state index is 5.95. The van der Waals surface area contributed by atoms with Gasteiger partial charge in [0.25, 0.3) is 0 Å². The van der Waals surface area contributed by atoms with E-state index in [1.54, 1.807) is 0 Å². The smallest absolute Gasteiger partial charge is 0.0600 e. The molecule has 1 atom stereocenters. The molecule has 0 aromatic heterocycles. The van der Waals surface area contributed by atoms with Crippen LogP contribution in [0.4, 0.5) is 0 Å². The molecule has 1 aliphatic heterocycles. The van der Waals surface area contributed by atoms with Crippen molar-refractivity contribution in [3.63, 3.8) is 0 Å². The molecule has 1 spiro atoms. The van der Waals surface area contributed by atoms with Gasteiger partial charge in [-0.3, -0.25) is 4.90 Å². The third-order valence-electron chi connectivity index (χ3n) is 4.90. The normalized spacial score (nSPS) is 27.6. The number of hydrogen-bond donors (Lipinski definition) is 1. The summed E-state index contributed by atoms with van der Waals surface area (Å²) >= 11 is 0. The minimum atomic E-state index is -0.0214. The van der Waals surface area contributed by atoms with Crippen molar-refractivity contribution in [1.82, 2.24) is 10.2 Å². The van der Waals surface area contributed by atoms with Crippen LogP contribution in [0.3, 0.4) is 0 Å². The number of nitrogens with zero attached hydrogens (tertiary/aromatic N) is 1. The van der Waals surface area contributed by atoms with Gasteiger partial charge in [-0.15, -0.1) is 0 Å². The molecule has 118 valence electrons. The molecule has 0 aromatic carbocycles. The first kappa shape index (κ1) is 16.3. The van der Waals surface area contributed by atoms with Crippen LogP contribution in [0.1, 0.15) is 60.3 Å². The van der Waals surface area contributed by atoms with E-state index in [0.29, 0.717) is 17.5 Å². The first-order valence-corrected chi connectivity index (χ1v) is 8.44. The number of ether oxygens (including phenoxy) is 1. The molecule has 3 heteroatoms. The summed E-state index contributed by atoms with van der Waals surface area (Å²) in [6, 6.07) is 0.657. The largest absolute Gasteiger partial charge is 0.375 e. The summed E-state index contributed by atoms with van der Waals surface area (Å²) in [5, 5.41) is 3.88. The Hall–Kier alpha value is -0.120. The fourth-order valence-corrected chi connectivity index (χ4v) is 3.77. The van der Waals surface area contributed by atoms with Crippen LogP contribution in [0.5, 0.6) is 0 Å². The predicted molar refractivity (Wildman–Crippen MR) is 85.1 cm³/mol. The van der Waals surface area contributed by atoms with E-state index in [1.807, 2.05) is 0 Å². The standard InChI is InChI=1S/C17H34N2O/c1-14(2)15-12-18-17(8-6-7-9-17)13-19(15)10-11-20-16(3,4)5/h14-15,18H,6-13H2,1-5H3. The summed E-state index contributed by atoms with van der Waals surface area (Å²) in [4.78, 5) is 2.69. The molecule has 2 rings (SSSR count). The molecule has 1 saturated carbocycles. The lowest BCUT2D eigenvalue weighted by molar-refractivity contribution is -0.0320. The number of hydrogen-bond acceptors (Lipinski definition) is 3. The molecule has 0 aromatic rings. The second-order valence-electron chi connectivity index (χ2n) is 8.11. The molecule has 3 nitrogen and oxygen atoms in total. The Balaban J connectivity index is 1.92. The zero-order valence-corrected chi connectivity index (χ0v) is 14.2. The molecule has 1 unspecified atom stereocenters. The van der Waals surface area contributed by atoms with Crippen LogP contribution in [0, 0.1) is 5.92 Å². The van der Waals surface area contributed by atoms with Crippen LogP contribution in [0.2, 0.25) is 0 Å². The molecule has 1 heterocycles. The number of rotatable bonds is 4. The van der Waals surface area contributed by atoms with E-state index in [9.17, 15) is 0 Å². The molecule has 20 heavy (non-hydrogen) atoms. The summed E-state index contributed by atoms with van der Waals surface area (Å²) in [5.74, 6) is 0.705. The Morgan fingerprint density at radius 3 is 2.45 bits per heavy atom. The van der Waals surface area contributed by atoms with Gasteiger partial charge in [0.15, 0.2) is 0 Å². The van der Waals surface area contributed by atoms with E-state index >= 15 is 0 Å². The van der Waals surface area contributed by atoms with Crippen molar-refractivity contribution in [3.05, 3.63) is 0 Å². The Labute approximate surface area is 125 Å². The lowest BCUT2D eigenvalue weighted by Gasteiger charge is -2.48. The Morgan fingerprint density at radius 1 is 1.25 bits per heavy atom. The molecule has 1 aliphatic carbocycles. The molecular formula is C17H34N2O. The fraction of sp³-hybridized carbons (Fsp3) is 1.00. The highest BCUT2D eigenvalue weighted by atomic mass is 16.5. The monoisotopic (exact) mass is 282 g/mol. The molecule has 0 radical (unpaired) electrons. The van der Waals surface area contributed by atoms with Crippen molar-refractivity contribution in [2.75, 3.05) is 26.2 Å². The summed E-state index contributed by atoms with van der Waals surface area (Å²) in [6.07, 6.45) is 5.50. The van der Waals surface area contributed by atoms with Crippen molar-refractivity contribution in [1.29, 1.82) is 0 Å². The van der Waals surface area contributed by atoms with Crippen molar-refractivity contribution in [2.24, 2.45) is 5.92 Å². The van der Waals surface area contributed by atoms with Gasteiger partial charge in [-0.25, -0.2) is 0 Å². The van der Waals surface area contributed by atoms with Gasteiger partial charge in [-0.05, 0) is 39.5 Å². The van der Waals surface area contributed by atoms with Crippen molar-refractivity contribution >= 4 is 0 Å². The van der Waals surface area contributed by atoms with Crippen molar-refractivity contribution < 1.29 is 4.74 Å². The van der Waals surface area contributed by atoms with Crippen LogP contribution in [-0.2, 0) is 4.74 Å². The van der Waals surface area contributed by atoms with Crippen LogP contribution >= 0.6 is 0 Å². The lowest BCUT2D eigenvalue weighted by atomic mass is 9.89. The first-order valence-electron chi connectivity index (χ1n) is 8.44. The first-order chi connectivity index (χ1) is 9.31. The Kier molecular flexibility index (Phi) is 5.14. The van der Waals surface area contributed by atoms with Crippen molar-refractivity contribution in [2.45, 2.75) is 77.5 Å². The molecule has 2 fully saturated rings. The average molecular weight is 282 g/mol. The van der Waals surface area contributed by atoms with Gasteiger partial charge < -0.3 is 10.1 Å². The average Bonchev–Trinajstić information content (AvgIpc) is 2.75. The minimum absolute atomic E-state index is 0.0214. The second kappa shape index (κ2) is 6.33. The Morgan fingerprint density at radius 2 is 1.90 bits per heavy atom. The van der Waals surface area contributed by atoms with Crippen LogP contribution in [0.15, 0.2) is 0 Å². The second-order valence-corrected chi connectivity index (χ2v) is 8.11. The summed E-state index contributed by atoms with van der Waals surface area (Å²) < 4.78 is 5.95. The zero-order valence-electron chi connectivity index (χ0n) is 14.2. The summed E-state index contributed by atoms with van der Waals surface area (Å²) in [5.41, 5.74) is 0.388. The molecule has 1 saturated heterocycles. The molecular weight excluding hydrogens is 248 g/mol. The highest BCUT2D eigenvalue weighted by Gasteiger charge is 2.41.